The number of rotatable bonds is 7. The number of unbranched alkanes of at least 4 members (excludes halogenated alkanes) is 1. The average Bonchev–Trinajstić information content (AvgIpc) is 2.36. The van der Waals surface area contributed by atoms with E-state index in [4.69, 9.17) is 4.74 Å². The Morgan fingerprint density at radius 1 is 1.24 bits per heavy atom. The van der Waals surface area contributed by atoms with E-state index < -0.39 is 0 Å². The number of carbonyl (C=O) groups excluding carboxylic acids is 1. The van der Waals surface area contributed by atoms with Crippen LogP contribution in [0.4, 0.5) is 5.69 Å². The van der Waals surface area contributed by atoms with Gasteiger partial charge >= 0.3 is 5.97 Å². The van der Waals surface area contributed by atoms with Crippen LogP contribution < -0.4 is 4.90 Å². The molecule has 0 N–H and O–H groups in total. The molecule has 1 aromatic carbocycles. The van der Waals surface area contributed by atoms with E-state index in [0.717, 1.165) is 25.1 Å². The Kier molecular flexibility index (Phi) is 6.15. The zero-order chi connectivity index (χ0) is 12.5. The van der Waals surface area contributed by atoms with Crippen LogP contribution in [0.5, 0.6) is 0 Å². The first-order chi connectivity index (χ1) is 8.27. The fraction of sp³-hybridized carbons (Fsp3) is 0.500. The molecule has 0 heterocycles. The molecule has 0 aliphatic carbocycles. The van der Waals surface area contributed by atoms with E-state index in [1.165, 1.54) is 0 Å². The number of hydrogen-bond donors (Lipinski definition) is 0. The number of carbonyl (C=O) groups is 1. The topological polar surface area (TPSA) is 29.5 Å². The summed E-state index contributed by atoms with van der Waals surface area (Å²) in [4.78, 5) is 13.6. The van der Waals surface area contributed by atoms with Crippen molar-refractivity contribution in [1.82, 2.24) is 0 Å². The van der Waals surface area contributed by atoms with Crippen LogP contribution in [0.25, 0.3) is 0 Å². The maximum absolute atomic E-state index is 11.5. The molecule has 0 amide bonds. The van der Waals surface area contributed by atoms with Gasteiger partial charge in [-0.2, -0.15) is 0 Å². The second-order valence-corrected chi connectivity index (χ2v) is 3.92. The van der Waals surface area contributed by atoms with Crippen LogP contribution in [0.15, 0.2) is 30.3 Å². The first-order valence-corrected chi connectivity index (χ1v) is 6.23. The van der Waals surface area contributed by atoms with Gasteiger partial charge in [-0.25, -0.2) is 0 Å². The standard InChI is InChI=1S/C14H21NO2/c1-3-5-11-15(12-14(16)17-4-2)13-9-7-6-8-10-13/h6-10H,3-5,11-12H2,1-2H3. The van der Waals surface area contributed by atoms with Crippen molar-refractivity contribution in [2.45, 2.75) is 26.7 Å². The molecule has 17 heavy (non-hydrogen) atoms. The maximum atomic E-state index is 11.5. The van der Waals surface area contributed by atoms with Crippen molar-refractivity contribution in [3.63, 3.8) is 0 Å². The molecule has 1 aromatic rings. The number of hydrogen-bond acceptors (Lipinski definition) is 3. The van der Waals surface area contributed by atoms with E-state index in [1.54, 1.807) is 0 Å². The molecule has 0 aliphatic heterocycles. The number of nitrogens with zero attached hydrogens (tertiary/aromatic N) is 1. The molecule has 94 valence electrons. The number of anilines is 1. The highest BCUT2D eigenvalue weighted by Gasteiger charge is 2.11. The van der Waals surface area contributed by atoms with E-state index in [0.29, 0.717) is 13.2 Å². The molecule has 3 nitrogen and oxygen atoms in total. The monoisotopic (exact) mass is 235 g/mol. The van der Waals surface area contributed by atoms with Crippen LogP contribution in [-0.2, 0) is 9.53 Å². The van der Waals surface area contributed by atoms with Gasteiger partial charge in [0.05, 0.1) is 6.61 Å². The molecule has 0 aliphatic rings. The zero-order valence-electron chi connectivity index (χ0n) is 10.7. The molecule has 0 spiro atoms. The third-order valence-electron chi connectivity index (χ3n) is 2.53. The summed E-state index contributed by atoms with van der Waals surface area (Å²) in [5.74, 6) is -0.160. The second-order valence-electron chi connectivity index (χ2n) is 3.92. The summed E-state index contributed by atoms with van der Waals surface area (Å²) in [6.45, 7) is 5.64. The lowest BCUT2D eigenvalue weighted by atomic mass is 10.2. The predicted octanol–water partition coefficient (Wildman–Crippen LogP) is 2.86. The van der Waals surface area contributed by atoms with Crippen molar-refractivity contribution in [1.29, 1.82) is 0 Å². The van der Waals surface area contributed by atoms with E-state index in [-0.39, 0.29) is 5.97 Å². The van der Waals surface area contributed by atoms with Gasteiger partial charge in [-0.05, 0) is 25.5 Å². The minimum atomic E-state index is -0.160. The highest BCUT2D eigenvalue weighted by molar-refractivity contribution is 5.75. The SMILES string of the molecule is CCCCN(CC(=O)OCC)c1ccccc1. The molecule has 0 saturated heterocycles. The smallest absolute Gasteiger partial charge is 0.325 e. The summed E-state index contributed by atoms with van der Waals surface area (Å²) in [7, 11) is 0. The second kappa shape index (κ2) is 7.71. The summed E-state index contributed by atoms with van der Waals surface area (Å²) in [6, 6.07) is 9.99. The van der Waals surface area contributed by atoms with Crippen molar-refractivity contribution in [2.75, 3.05) is 24.6 Å². The van der Waals surface area contributed by atoms with Crippen LogP contribution in [0.2, 0.25) is 0 Å². The Morgan fingerprint density at radius 2 is 1.94 bits per heavy atom. The summed E-state index contributed by atoms with van der Waals surface area (Å²) in [5, 5.41) is 0. The van der Waals surface area contributed by atoms with E-state index in [1.807, 2.05) is 37.3 Å². The van der Waals surface area contributed by atoms with E-state index in [2.05, 4.69) is 11.8 Å². The Labute approximate surface area is 103 Å². The molecule has 0 atom stereocenters. The van der Waals surface area contributed by atoms with Crippen molar-refractivity contribution < 1.29 is 9.53 Å². The quantitative estimate of drug-likeness (QED) is 0.681. The van der Waals surface area contributed by atoms with Gasteiger partial charge in [-0.15, -0.1) is 0 Å². The molecule has 0 unspecified atom stereocenters. The number of esters is 1. The molecule has 3 heteroatoms. The Hall–Kier alpha value is -1.51. The van der Waals surface area contributed by atoms with Gasteiger partial charge < -0.3 is 9.64 Å². The molecule has 0 aromatic heterocycles. The third kappa shape index (κ3) is 4.89. The predicted molar refractivity (Wildman–Crippen MR) is 70.2 cm³/mol. The number of para-hydroxylation sites is 1. The Bertz CT molecular complexity index is 324. The van der Waals surface area contributed by atoms with Crippen molar-refractivity contribution in [2.24, 2.45) is 0 Å². The molecule has 0 fully saturated rings. The van der Waals surface area contributed by atoms with Gasteiger partial charge in [0.15, 0.2) is 0 Å². The van der Waals surface area contributed by atoms with Gasteiger partial charge in [0.1, 0.15) is 6.54 Å². The number of benzene rings is 1. The van der Waals surface area contributed by atoms with Crippen LogP contribution >= 0.6 is 0 Å². The van der Waals surface area contributed by atoms with Gasteiger partial charge in [0.2, 0.25) is 0 Å². The van der Waals surface area contributed by atoms with Gasteiger partial charge in [-0.1, -0.05) is 31.5 Å². The van der Waals surface area contributed by atoms with Gasteiger partial charge in [0.25, 0.3) is 0 Å². The molecule has 0 radical (unpaired) electrons. The summed E-state index contributed by atoms with van der Waals surface area (Å²) < 4.78 is 4.99. The molecule has 0 saturated carbocycles. The summed E-state index contributed by atoms with van der Waals surface area (Å²) >= 11 is 0. The Morgan fingerprint density at radius 3 is 2.53 bits per heavy atom. The lowest BCUT2D eigenvalue weighted by Gasteiger charge is -2.23. The van der Waals surface area contributed by atoms with Crippen LogP contribution in [-0.4, -0.2) is 25.7 Å². The van der Waals surface area contributed by atoms with E-state index >= 15 is 0 Å². The van der Waals surface area contributed by atoms with E-state index in [9.17, 15) is 4.79 Å². The lowest BCUT2D eigenvalue weighted by molar-refractivity contribution is -0.141. The number of ether oxygens (including phenoxy) is 1. The maximum Gasteiger partial charge on any atom is 0.325 e. The first-order valence-electron chi connectivity index (χ1n) is 6.23. The third-order valence-corrected chi connectivity index (χ3v) is 2.53. The van der Waals surface area contributed by atoms with Crippen molar-refractivity contribution >= 4 is 11.7 Å². The molecular weight excluding hydrogens is 214 g/mol. The van der Waals surface area contributed by atoms with Crippen LogP contribution in [0.1, 0.15) is 26.7 Å². The lowest BCUT2D eigenvalue weighted by Crippen LogP contribution is -2.31. The molecular formula is C14H21NO2. The zero-order valence-corrected chi connectivity index (χ0v) is 10.7. The highest BCUT2D eigenvalue weighted by atomic mass is 16.5. The van der Waals surface area contributed by atoms with Crippen molar-refractivity contribution in [3.8, 4) is 0 Å². The normalized spacial score (nSPS) is 10.0. The summed E-state index contributed by atoms with van der Waals surface area (Å²) in [6.07, 6.45) is 2.19. The largest absolute Gasteiger partial charge is 0.465 e. The minimum Gasteiger partial charge on any atom is -0.465 e. The first kappa shape index (κ1) is 13.6. The molecule has 1 rings (SSSR count). The fourth-order valence-corrected chi connectivity index (χ4v) is 1.65. The Balaban J connectivity index is 2.63. The highest BCUT2D eigenvalue weighted by Crippen LogP contribution is 2.13. The van der Waals surface area contributed by atoms with Gasteiger partial charge in [0, 0.05) is 12.2 Å². The molecule has 0 bridgehead atoms. The average molecular weight is 235 g/mol. The van der Waals surface area contributed by atoms with Crippen molar-refractivity contribution in [3.05, 3.63) is 30.3 Å². The fourth-order valence-electron chi connectivity index (χ4n) is 1.65. The van der Waals surface area contributed by atoms with Crippen LogP contribution in [0.3, 0.4) is 0 Å². The minimum absolute atomic E-state index is 0.160. The van der Waals surface area contributed by atoms with Crippen LogP contribution in [0, 0.1) is 0 Å². The summed E-state index contributed by atoms with van der Waals surface area (Å²) in [5.41, 5.74) is 1.08. The van der Waals surface area contributed by atoms with Gasteiger partial charge in [-0.3, -0.25) is 4.79 Å².